The molecule has 0 aliphatic rings. The van der Waals surface area contributed by atoms with E-state index in [0.29, 0.717) is 17.2 Å². The molecule has 0 aromatic heterocycles. The SMILES string of the molecule is COc1cc(OC)c(N)c(C(=O)Oc2ccccc2)c1. The van der Waals surface area contributed by atoms with Gasteiger partial charge in [-0.15, -0.1) is 0 Å². The minimum atomic E-state index is -0.564. The van der Waals surface area contributed by atoms with E-state index in [2.05, 4.69) is 0 Å². The van der Waals surface area contributed by atoms with Crippen LogP contribution >= 0.6 is 0 Å². The molecule has 0 radical (unpaired) electrons. The molecule has 0 amide bonds. The van der Waals surface area contributed by atoms with Gasteiger partial charge >= 0.3 is 5.97 Å². The summed E-state index contributed by atoms with van der Waals surface area (Å²) in [5.41, 5.74) is 6.31. The predicted octanol–water partition coefficient (Wildman–Crippen LogP) is 2.51. The molecule has 0 aliphatic heterocycles. The van der Waals surface area contributed by atoms with Crippen molar-refractivity contribution in [2.75, 3.05) is 20.0 Å². The number of esters is 1. The normalized spacial score (nSPS) is 9.90. The van der Waals surface area contributed by atoms with Crippen LogP contribution in [-0.4, -0.2) is 20.2 Å². The Morgan fingerprint density at radius 1 is 1.00 bits per heavy atom. The Morgan fingerprint density at radius 2 is 1.70 bits per heavy atom. The van der Waals surface area contributed by atoms with E-state index in [1.54, 1.807) is 30.3 Å². The molecule has 5 nitrogen and oxygen atoms in total. The van der Waals surface area contributed by atoms with Crippen molar-refractivity contribution in [2.24, 2.45) is 0 Å². The number of hydrogen-bond acceptors (Lipinski definition) is 5. The second-order valence-corrected chi connectivity index (χ2v) is 3.99. The molecular formula is C15H15NO4. The molecule has 0 saturated carbocycles. The van der Waals surface area contributed by atoms with Gasteiger partial charge in [-0.25, -0.2) is 4.79 Å². The van der Waals surface area contributed by atoms with Crippen LogP contribution in [0.4, 0.5) is 5.69 Å². The van der Waals surface area contributed by atoms with Crippen LogP contribution in [0.15, 0.2) is 42.5 Å². The Bertz CT molecular complexity index is 611. The van der Waals surface area contributed by atoms with Gasteiger partial charge in [0.25, 0.3) is 0 Å². The molecule has 5 heteroatoms. The van der Waals surface area contributed by atoms with Crippen LogP contribution in [-0.2, 0) is 0 Å². The van der Waals surface area contributed by atoms with E-state index in [-0.39, 0.29) is 11.3 Å². The zero-order valence-electron chi connectivity index (χ0n) is 11.3. The quantitative estimate of drug-likeness (QED) is 0.526. The highest BCUT2D eigenvalue weighted by Gasteiger charge is 2.17. The summed E-state index contributed by atoms with van der Waals surface area (Å²) in [6.07, 6.45) is 0. The van der Waals surface area contributed by atoms with Crippen molar-refractivity contribution < 1.29 is 19.0 Å². The lowest BCUT2D eigenvalue weighted by Gasteiger charge is -2.12. The Hall–Kier alpha value is -2.69. The summed E-state index contributed by atoms with van der Waals surface area (Å²) in [7, 11) is 2.97. The lowest BCUT2D eigenvalue weighted by Crippen LogP contribution is -2.12. The lowest BCUT2D eigenvalue weighted by molar-refractivity contribution is 0.0735. The smallest absolute Gasteiger partial charge is 0.345 e. The first-order chi connectivity index (χ1) is 9.65. The maximum atomic E-state index is 12.2. The van der Waals surface area contributed by atoms with Gasteiger partial charge in [-0.3, -0.25) is 0 Å². The van der Waals surface area contributed by atoms with E-state index in [1.165, 1.54) is 20.3 Å². The van der Waals surface area contributed by atoms with Gasteiger partial charge < -0.3 is 19.9 Å². The average molecular weight is 273 g/mol. The third-order valence-corrected chi connectivity index (χ3v) is 2.74. The summed E-state index contributed by atoms with van der Waals surface area (Å²) in [5.74, 6) is 0.713. The highest BCUT2D eigenvalue weighted by molar-refractivity contribution is 5.98. The molecule has 2 N–H and O–H groups in total. The maximum Gasteiger partial charge on any atom is 0.345 e. The number of para-hydroxylation sites is 1. The molecule has 0 bridgehead atoms. The van der Waals surface area contributed by atoms with Crippen LogP contribution in [0.5, 0.6) is 17.2 Å². The molecule has 2 aromatic carbocycles. The lowest BCUT2D eigenvalue weighted by atomic mass is 10.1. The molecule has 0 saturated heterocycles. The Labute approximate surface area is 116 Å². The van der Waals surface area contributed by atoms with Gasteiger partial charge in [0, 0.05) is 6.07 Å². The first-order valence-corrected chi connectivity index (χ1v) is 5.94. The molecule has 0 spiro atoms. The van der Waals surface area contributed by atoms with E-state index >= 15 is 0 Å². The van der Waals surface area contributed by atoms with Gasteiger partial charge in [-0.2, -0.15) is 0 Å². The fourth-order valence-corrected chi connectivity index (χ4v) is 1.71. The molecular weight excluding hydrogens is 258 g/mol. The second kappa shape index (κ2) is 5.97. The number of benzene rings is 2. The minimum absolute atomic E-state index is 0.199. The van der Waals surface area contributed by atoms with Crippen molar-refractivity contribution >= 4 is 11.7 Å². The number of anilines is 1. The van der Waals surface area contributed by atoms with Crippen molar-refractivity contribution in [3.8, 4) is 17.2 Å². The van der Waals surface area contributed by atoms with Gasteiger partial charge in [0.05, 0.1) is 25.5 Å². The highest BCUT2D eigenvalue weighted by atomic mass is 16.5. The van der Waals surface area contributed by atoms with Crippen molar-refractivity contribution in [3.05, 3.63) is 48.0 Å². The van der Waals surface area contributed by atoms with Crippen LogP contribution < -0.4 is 19.9 Å². The van der Waals surface area contributed by atoms with Crippen molar-refractivity contribution in [3.63, 3.8) is 0 Å². The van der Waals surface area contributed by atoms with Crippen LogP contribution in [0, 0.1) is 0 Å². The van der Waals surface area contributed by atoms with Crippen molar-refractivity contribution in [2.45, 2.75) is 0 Å². The van der Waals surface area contributed by atoms with Gasteiger partial charge in [0.2, 0.25) is 0 Å². The molecule has 20 heavy (non-hydrogen) atoms. The van der Waals surface area contributed by atoms with Crippen LogP contribution in [0.1, 0.15) is 10.4 Å². The number of rotatable bonds is 4. The Balaban J connectivity index is 2.34. The third kappa shape index (κ3) is 2.83. The van der Waals surface area contributed by atoms with Gasteiger partial charge in [0.1, 0.15) is 17.2 Å². The zero-order valence-corrected chi connectivity index (χ0v) is 11.3. The summed E-state index contributed by atoms with van der Waals surface area (Å²) < 4.78 is 15.5. The van der Waals surface area contributed by atoms with Gasteiger partial charge in [-0.05, 0) is 18.2 Å². The van der Waals surface area contributed by atoms with Crippen molar-refractivity contribution in [1.82, 2.24) is 0 Å². The molecule has 2 rings (SSSR count). The molecule has 0 aliphatic carbocycles. The van der Waals surface area contributed by atoms with E-state index in [4.69, 9.17) is 19.9 Å². The number of methoxy groups -OCH3 is 2. The summed E-state index contributed by atoms with van der Waals surface area (Å²) in [5, 5.41) is 0. The van der Waals surface area contributed by atoms with E-state index in [0.717, 1.165) is 0 Å². The summed E-state index contributed by atoms with van der Waals surface area (Å²) in [6, 6.07) is 11.9. The molecule has 0 fully saturated rings. The zero-order chi connectivity index (χ0) is 14.5. The second-order valence-electron chi connectivity index (χ2n) is 3.99. The number of hydrogen-bond donors (Lipinski definition) is 1. The van der Waals surface area contributed by atoms with Crippen LogP contribution in [0.25, 0.3) is 0 Å². The minimum Gasteiger partial charge on any atom is -0.497 e. The van der Waals surface area contributed by atoms with Gasteiger partial charge in [0.15, 0.2) is 0 Å². The average Bonchev–Trinajstić information content (AvgIpc) is 2.48. The number of carbonyl (C=O) groups excluding carboxylic acids is 1. The summed E-state index contributed by atoms with van der Waals surface area (Å²) in [4.78, 5) is 12.2. The van der Waals surface area contributed by atoms with Crippen LogP contribution in [0.2, 0.25) is 0 Å². The number of ether oxygens (including phenoxy) is 3. The molecule has 104 valence electrons. The van der Waals surface area contributed by atoms with Crippen molar-refractivity contribution in [1.29, 1.82) is 0 Å². The largest absolute Gasteiger partial charge is 0.497 e. The first kappa shape index (κ1) is 13.7. The number of carbonyl (C=O) groups is 1. The van der Waals surface area contributed by atoms with E-state index in [1.807, 2.05) is 6.07 Å². The predicted molar refractivity (Wildman–Crippen MR) is 75.4 cm³/mol. The molecule has 0 heterocycles. The third-order valence-electron chi connectivity index (χ3n) is 2.74. The number of nitrogens with two attached hydrogens (primary N) is 1. The summed E-state index contributed by atoms with van der Waals surface area (Å²) >= 11 is 0. The van der Waals surface area contributed by atoms with Crippen LogP contribution in [0.3, 0.4) is 0 Å². The monoisotopic (exact) mass is 273 g/mol. The topological polar surface area (TPSA) is 70.8 Å². The van der Waals surface area contributed by atoms with E-state index in [9.17, 15) is 4.79 Å². The Kier molecular flexibility index (Phi) is 4.10. The molecule has 0 unspecified atom stereocenters. The number of nitrogen functional groups attached to an aromatic ring is 1. The molecule has 2 aromatic rings. The highest BCUT2D eigenvalue weighted by Crippen LogP contribution is 2.31. The standard InChI is InChI=1S/C15H15NO4/c1-18-11-8-12(14(16)13(9-11)19-2)15(17)20-10-6-4-3-5-7-10/h3-9H,16H2,1-2H3. The summed E-state index contributed by atoms with van der Waals surface area (Å²) in [6.45, 7) is 0. The Morgan fingerprint density at radius 3 is 2.30 bits per heavy atom. The molecule has 0 atom stereocenters. The van der Waals surface area contributed by atoms with E-state index < -0.39 is 5.97 Å². The first-order valence-electron chi connectivity index (χ1n) is 5.94. The van der Waals surface area contributed by atoms with Gasteiger partial charge in [-0.1, -0.05) is 18.2 Å². The fourth-order valence-electron chi connectivity index (χ4n) is 1.71. The fraction of sp³-hybridized carbons (Fsp3) is 0.133. The maximum absolute atomic E-state index is 12.2.